The fraction of sp³-hybridized carbons (Fsp3) is 0.529. The van der Waals surface area contributed by atoms with Gasteiger partial charge in [0.1, 0.15) is 0 Å². The van der Waals surface area contributed by atoms with Crippen molar-refractivity contribution in [2.45, 2.75) is 38.1 Å². The molecule has 1 saturated carbocycles. The lowest BCUT2D eigenvalue weighted by Crippen LogP contribution is -2.30. The first-order valence-electron chi connectivity index (χ1n) is 8.57. The topological polar surface area (TPSA) is 98.8 Å². The molecule has 0 radical (unpaired) electrons. The number of nitrogens with two attached hydrogens (primary N) is 1. The van der Waals surface area contributed by atoms with Crippen LogP contribution < -0.4 is 11.1 Å². The van der Waals surface area contributed by atoms with Crippen molar-refractivity contribution >= 4 is 11.9 Å². The second-order valence-electron chi connectivity index (χ2n) is 6.56. The van der Waals surface area contributed by atoms with Crippen LogP contribution in [0.15, 0.2) is 18.5 Å². The van der Waals surface area contributed by atoms with Crippen LogP contribution in [0.2, 0.25) is 0 Å². The van der Waals surface area contributed by atoms with Crippen LogP contribution in [0.4, 0.5) is 11.9 Å². The van der Waals surface area contributed by atoms with Gasteiger partial charge >= 0.3 is 0 Å². The van der Waals surface area contributed by atoms with Crippen LogP contribution >= 0.6 is 0 Å². The van der Waals surface area contributed by atoms with Gasteiger partial charge in [0.2, 0.25) is 11.9 Å². The lowest BCUT2D eigenvalue weighted by molar-refractivity contribution is 0.0874. The summed E-state index contributed by atoms with van der Waals surface area (Å²) in [6.07, 6.45) is 9.15. The lowest BCUT2D eigenvalue weighted by atomic mass is 10.1. The van der Waals surface area contributed by atoms with E-state index >= 15 is 0 Å². The Bertz CT molecular complexity index is 712. The highest BCUT2D eigenvalue weighted by Gasteiger charge is 2.24. The molecule has 1 aliphatic carbocycles. The van der Waals surface area contributed by atoms with Gasteiger partial charge < -0.3 is 15.8 Å². The number of nitrogens with one attached hydrogen (secondary N) is 1. The Balaban J connectivity index is 1.58. The molecule has 126 valence electrons. The number of ether oxygens (including phenoxy) is 1. The van der Waals surface area contributed by atoms with Gasteiger partial charge in [0.15, 0.2) is 0 Å². The van der Waals surface area contributed by atoms with Gasteiger partial charge in [-0.15, -0.1) is 0 Å². The van der Waals surface area contributed by atoms with E-state index in [0.717, 1.165) is 48.7 Å². The van der Waals surface area contributed by atoms with E-state index < -0.39 is 0 Å². The molecule has 0 amide bonds. The number of hydrogen-bond acceptors (Lipinski definition) is 7. The molecule has 0 bridgehead atoms. The van der Waals surface area contributed by atoms with Crippen LogP contribution in [0.3, 0.4) is 0 Å². The Morgan fingerprint density at radius 1 is 1.21 bits per heavy atom. The summed E-state index contributed by atoms with van der Waals surface area (Å²) in [5, 5.41) is 3.36. The number of nitrogen functional groups attached to an aromatic ring is 1. The molecule has 2 fully saturated rings. The van der Waals surface area contributed by atoms with Gasteiger partial charge in [-0.05, 0) is 44.1 Å². The summed E-state index contributed by atoms with van der Waals surface area (Å²) in [6, 6.07) is 2.16. The van der Waals surface area contributed by atoms with E-state index in [4.69, 9.17) is 10.5 Å². The summed E-state index contributed by atoms with van der Waals surface area (Å²) < 4.78 is 5.50. The average Bonchev–Trinajstić information content (AvgIpc) is 3.40. The Labute approximate surface area is 141 Å². The lowest BCUT2D eigenvalue weighted by Gasteiger charge is -2.23. The highest BCUT2D eigenvalue weighted by Crippen LogP contribution is 2.34. The van der Waals surface area contributed by atoms with Crippen LogP contribution in [0.5, 0.6) is 0 Å². The summed E-state index contributed by atoms with van der Waals surface area (Å²) in [7, 11) is 0. The molecular weight excluding hydrogens is 304 g/mol. The molecule has 0 spiro atoms. The van der Waals surface area contributed by atoms with Crippen molar-refractivity contribution in [2.75, 3.05) is 24.3 Å². The maximum Gasteiger partial charge on any atom is 0.223 e. The fourth-order valence-electron chi connectivity index (χ4n) is 3.01. The molecule has 1 atom stereocenters. The highest BCUT2D eigenvalue weighted by molar-refractivity contribution is 5.62. The second kappa shape index (κ2) is 6.68. The van der Waals surface area contributed by atoms with Crippen molar-refractivity contribution in [3.05, 3.63) is 24.2 Å². The molecule has 2 aliphatic rings. The molecule has 3 N–H and O–H groups in total. The Morgan fingerprint density at radius 2 is 2.12 bits per heavy atom. The Morgan fingerprint density at radius 3 is 2.92 bits per heavy atom. The summed E-state index contributed by atoms with van der Waals surface area (Å²) in [5.41, 5.74) is 8.54. The number of rotatable bonds is 5. The molecule has 7 nitrogen and oxygen atoms in total. The van der Waals surface area contributed by atoms with E-state index in [-0.39, 0.29) is 6.04 Å². The summed E-state index contributed by atoms with van der Waals surface area (Å²) in [4.78, 5) is 17.6. The zero-order valence-corrected chi connectivity index (χ0v) is 13.6. The zero-order valence-electron chi connectivity index (χ0n) is 13.6. The van der Waals surface area contributed by atoms with E-state index in [1.165, 1.54) is 12.8 Å². The Hall–Kier alpha value is -2.28. The molecule has 3 heterocycles. The predicted molar refractivity (Wildman–Crippen MR) is 91.4 cm³/mol. The minimum atomic E-state index is 0.266. The normalized spacial score (nSPS) is 20.8. The smallest absolute Gasteiger partial charge is 0.223 e. The maximum atomic E-state index is 5.77. The first-order valence-corrected chi connectivity index (χ1v) is 8.57. The van der Waals surface area contributed by atoms with Crippen molar-refractivity contribution in [3.63, 3.8) is 0 Å². The van der Waals surface area contributed by atoms with Gasteiger partial charge in [-0.25, -0.2) is 19.9 Å². The monoisotopic (exact) mass is 326 g/mol. The van der Waals surface area contributed by atoms with Gasteiger partial charge in [0.05, 0.1) is 24.0 Å². The van der Waals surface area contributed by atoms with E-state index in [2.05, 4.69) is 25.3 Å². The van der Waals surface area contributed by atoms with Crippen LogP contribution in [0.1, 0.15) is 31.4 Å². The Kier molecular flexibility index (Phi) is 4.25. The van der Waals surface area contributed by atoms with Gasteiger partial charge in [0, 0.05) is 24.6 Å². The number of nitrogens with zero attached hydrogens (tertiary/aromatic N) is 4. The van der Waals surface area contributed by atoms with E-state index in [1.54, 1.807) is 12.4 Å². The third-order valence-corrected chi connectivity index (χ3v) is 4.49. The van der Waals surface area contributed by atoms with Crippen molar-refractivity contribution < 1.29 is 4.74 Å². The van der Waals surface area contributed by atoms with Crippen molar-refractivity contribution in [1.29, 1.82) is 0 Å². The molecule has 1 saturated heterocycles. The third-order valence-electron chi connectivity index (χ3n) is 4.49. The standard InChI is InChI=1S/C17H22N6O/c18-16-20-9-13(15(22-16)8-11-3-4-11)14-5-6-19-17(23-14)21-12-2-1-7-24-10-12/h5-6,9,11-12H,1-4,7-8,10H2,(H2,18,20,22)(H,19,21,23). The number of anilines is 2. The molecule has 24 heavy (non-hydrogen) atoms. The minimum absolute atomic E-state index is 0.266. The number of aromatic nitrogens is 4. The molecule has 0 aromatic carbocycles. The second-order valence-corrected chi connectivity index (χ2v) is 6.56. The molecule has 2 aromatic heterocycles. The molecule has 1 aliphatic heterocycles. The van der Waals surface area contributed by atoms with Crippen molar-refractivity contribution in [3.8, 4) is 11.3 Å². The van der Waals surface area contributed by atoms with Crippen LogP contribution in [0, 0.1) is 5.92 Å². The van der Waals surface area contributed by atoms with E-state index in [0.29, 0.717) is 18.5 Å². The van der Waals surface area contributed by atoms with E-state index in [9.17, 15) is 0 Å². The van der Waals surface area contributed by atoms with Crippen LogP contribution in [-0.4, -0.2) is 39.2 Å². The van der Waals surface area contributed by atoms with Gasteiger partial charge in [-0.1, -0.05) is 0 Å². The van der Waals surface area contributed by atoms with Crippen molar-refractivity contribution in [1.82, 2.24) is 19.9 Å². The van der Waals surface area contributed by atoms with Gasteiger partial charge in [-0.2, -0.15) is 0 Å². The summed E-state index contributed by atoms with van der Waals surface area (Å²) in [5.74, 6) is 1.66. The van der Waals surface area contributed by atoms with Crippen LogP contribution in [0.25, 0.3) is 11.3 Å². The van der Waals surface area contributed by atoms with Gasteiger partial charge in [0.25, 0.3) is 0 Å². The highest BCUT2D eigenvalue weighted by atomic mass is 16.5. The number of hydrogen-bond donors (Lipinski definition) is 2. The molecule has 7 heteroatoms. The van der Waals surface area contributed by atoms with Gasteiger partial charge in [-0.3, -0.25) is 0 Å². The average molecular weight is 326 g/mol. The first-order chi connectivity index (χ1) is 11.8. The SMILES string of the molecule is Nc1ncc(-c2ccnc(NC3CCCOC3)n2)c(CC2CC2)n1. The fourth-order valence-corrected chi connectivity index (χ4v) is 3.01. The maximum absolute atomic E-state index is 5.77. The first kappa shape index (κ1) is 15.3. The van der Waals surface area contributed by atoms with Crippen molar-refractivity contribution in [2.24, 2.45) is 5.92 Å². The summed E-state index contributed by atoms with van der Waals surface area (Å²) >= 11 is 0. The predicted octanol–water partition coefficient (Wildman–Crippen LogP) is 2.06. The van der Waals surface area contributed by atoms with Crippen LogP contribution in [-0.2, 0) is 11.2 Å². The van der Waals surface area contributed by atoms with E-state index in [1.807, 2.05) is 6.07 Å². The molecule has 1 unspecified atom stereocenters. The molecular formula is C17H22N6O. The largest absolute Gasteiger partial charge is 0.379 e. The summed E-state index contributed by atoms with van der Waals surface area (Å²) in [6.45, 7) is 1.54. The zero-order chi connectivity index (χ0) is 16.4. The minimum Gasteiger partial charge on any atom is -0.379 e. The molecule has 2 aromatic rings. The quantitative estimate of drug-likeness (QED) is 0.867. The third kappa shape index (κ3) is 3.62. The molecule has 4 rings (SSSR count).